The minimum Gasteiger partial charge on any atom is -0.338 e. The van der Waals surface area contributed by atoms with Crippen molar-refractivity contribution in [3.63, 3.8) is 0 Å². The van der Waals surface area contributed by atoms with E-state index in [-0.39, 0.29) is 24.3 Å². The van der Waals surface area contributed by atoms with Gasteiger partial charge in [0.25, 0.3) is 17.7 Å². The van der Waals surface area contributed by atoms with Gasteiger partial charge in [0.2, 0.25) is 0 Å². The number of fused-ring (bicyclic) bond motifs is 1. The molecule has 2 aromatic carbocycles. The third-order valence-corrected chi connectivity index (χ3v) is 5.78. The molecule has 144 valence electrons. The average molecular weight is 376 g/mol. The lowest BCUT2D eigenvalue weighted by Gasteiger charge is -2.32. The van der Waals surface area contributed by atoms with Crippen LogP contribution in [0.5, 0.6) is 0 Å². The molecule has 3 amide bonds. The number of rotatable bonds is 4. The number of likely N-dealkylation sites (tertiary alicyclic amines) is 1. The molecule has 4 rings (SSSR count). The van der Waals surface area contributed by atoms with Crippen LogP contribution in [0, 0.1) is 5.92 Å². The molecule has 0 radical (unpaired) electrons. The third kappa shape index (κ3) is 3.33. The van der Waals surface area contributed by atoms with Crippen LogP contribution in [0.3, 0.4) is 0 Å². The first-order chi connectivity index (χ1) is 13.6. The predicted molar refractivity (Wildman–Crippen MR) is 106 cm³/mol. The summed E-state index contributed by atoms with van der Waals surface area (Å²) in [5.41, 5.74) is 2.28. The lowest BCUT2D eigenvalue weighted by Crippen LogP contribution is -2.39. The van der Waals surface area contributed by atoms with Crippen molar-refractivity contribution in [1.82, 2.24) is 9.80 Å². The Kier molecular flexibility index (Phi) is 4.99. The van der Waals surface area contributed by atoms with Gasteiger partial charge in [-0.2, -0.15) is 0 Å². The molecule has 0 aromatic heterocycles. The summed E-state index contributed by atoms with van der Waals surface area (Å²) in [4.78, 5) is 41.3. The smallest absolute Gasteiger partial charge is 0.261 e. The Labute approximate surface area is 164 Å². The van der Waals surface area contributed by atoms with Crippen molar-refractivity contribution in [2.24, 2.45) is 5.92 Å². The van der Waals surface area contributed by atoms with E-state index >= 15 is 0 Å². The van der Waals surface area contributed by atoms with Crippen LogP contribution in [0.25, 0.3) is 0 Å². The summed E-state index contributed by atoms with van der Waals surface area (Å²) in [5.74, 6) is 0.0416. The second kappa shape index (κ2) is 7.58. The molecule has 1 unspecified atom stereocenters. The molecule has 0 bridgehead atoms. The van der Waals surface area contributed by atoms with Gasteiger partial charge in [0, 0.05) is 18.7 Å². The lowest BCUT2D eigenvalue weighted by atomic mass is 9.95. The first-order valence-corrected chi connectivity index (χ1v) is 9.92. The zero-order valence-corrected chi connectivity index (χ0v) is 16.1. The van der Waals surface area contributed by atoms with E-state index in [0.717, 1.165) is 31.5 Å². The third-order valence-electron chi connectivity index (χ3n) is 5.78. The number of imide groups is 1. The number of carbonyl (C=O) groups is 3. The molecule has 0 N–H and O–H groups in total. The standard InChI is InChI=1S/C23H24N2O3/c1-2-16-8-6-12-24(14-16)21(26)18-9-5-7-17(13-18)15-25-22(27)19-10-3-4-11-20(19)23(25)28/h3-5,7,9-11,13,16H,2,6,8,12,14-15H2,1H3. The van der Waals surface area contributed by atoms with Gasteiger partial charge in [-0.3, -0.25) is 19.3 Å². The van der Waals surface area contributed by atoms with Gasteiger partial charge >= 0.3 is 0 Å². The highest BCUT2D eigenvalue weighted by molar-refractivity contribution is 6.21. The Morgan fingerprint density at radius 3 is 2.43 bits per heavy atom. The zero-order valence-electron chi connectivity index (χ0n) is 16.1. The number of nitrogens with zero attached hydrogens (tertiary/aromatic N) is 2. The van der Waals surface area contributed by atoms with Crippen molar-refractivity contribution in [3.8, 4) is 0 Å². The van der Waals surface area contributed by atoms with Gasteiger partial charge < -0.3 is 4.90 Å². The van der Waals surface area contributed by atoms with Crippen molar-refractivity contribution in [3.05, 3.63) is 70.8 Å². The van der Waals surface area contributed by atoms with Crippen LogP contribution in [0.2, 0.25) is 0 Å². The molecule has 1 saturated heterocycles. The molecule has 2 aliphatic heterocycles. The molecule has 1 fully saturated rings. The van der Waals surface area contributed by atoms with Gasteiger partial charge in [0.15, 0.2) is 0 Å². The number of amides is 3. The van der Waals surface area contributed by atoms with Gasteiger partial charge in [-0.25, -0.2) is 0 Å². The maximum Gasteiger partial charge on any atom is 0.261 e. The van der Waals surface area contributed by atoms with E-state index in [1.807, 2.05) is 23.1 Å². The summed E-state index contributed by atoms with van der Waals surface area (Å²) < 4.78 is 0. The minimum absolute atomic E-state index is 0.0300. The van der Waals surface area contributed by atoms with E-state index in [4.69, 9.17) is 0 Å². The maximum absolute atomic E-state index is 12.9. The number of piperidine rings is 1. The Bertz CT molecular complexity index is 902. The van der Waals surface area contributed by atoms with Crippen molar-refractivity contribution in [2.75, 3.05) is 13.1 Å². The lowest BCUT2D eigenvalue weighted by molar-refractivity contribution is 0.0641. The molecule has 28 heavy (non-hydrogen) atoms. The maximum atomic E-state index is 12.9. The second-order valence-corrected chi connectivity index (χ2v) is 7.61. The summed E-state index contributed by atoms with van der Waals surface area (Å²) in [6.45, 7) is 3.93. The van der Waals surface area contributed by atoms with E-state index in [9.17, 15) is 14.4 Å². The molecule has 2 aromatic rings. The van der Waals surface area contributed by atoms with Crippen molar-refractivity contribution >= 4 is 17.7 Å². The van der Waals surface area contributed by atoms with Crippen LogP contribution < -0.4 is 0 Å². The van der Waals surface area contributed by atoms with Crippen LogP contribution in [-0.4, -0.2) is 40.6 Å². The first kappa shape index (κ1) is 18.4. The van der Waals surface area contributed by atoms with Crippen molar-refractivity contribution < 1.29 is 14.4 Å². The fourth-order valence-electron chi connectivity index (χ4n) is 4.13. The Balaban J connectivity index is 1.51. The molecule has 0 aliphatic carbocycles. The normalized spacial score (nSPS) is 19.1. The van der Waals surface area contributed by atoms with Gasteiger partial charge in [0.1, 0.15) is 0 Å². The van der Waals surface area contributed by atoms with Crippen LogP contribution >= 0.6 is 0 Å². The van der Waals surface area contributed by atoms with E-state index in [1.54, 1.807) is 30.3 Å². The molecular formula is C23H24N2O3. The Hall–Kier alpha value is -2.95. The number of hydrogen-bond donors (Lipinski definition) is 0. The van der Waals surface area contributed by atoms with E-state index in [2.05, 4.69) is 6.92 Å². The fraction of sp³-hybridized carbons (Fsp3) is 0.348. The Morgan fingerprint density at radius 1 is 1.04 bits per heavy atom. The minimum atomic E-state index is -0.279. The van der Waals surface area contributed by atoms with Crippen LogP contribution in [-0.2, 0) is 6.54 Å². The molecule has 2 heterocycles. The number of benzene rings is 2. The van der Waals surface area contributed by atoms with E-state index < -0.39 is 0 Å². The van der Waals surface area contributed by atoms with E-state index in [0.29, 0.717) is 22.6 Å². The molecular weight excluding hydrogens is 352 g/mol. The van der Waals surface area contributed by atoms with Crippen molar-refractivity contribution in [2.45, 2.75) is 32.7 Å². The summed E-state index contributed by atoms with van der Waals surface area (Å²) in [7, 11) is 0. The molecule has 0 spiro atoms. The van der Waals surface area contributed by atoms with Crippen LogP contribution in [0.4, 0.5) is 0 Å². The van der Waals surface area contributed by atoms with Gasteiger partial charge in [-0.15, -0.1) is 0 Å². The molecule has 5 heteroatoms. The SMILES string of the molecule is CCC1CCCN(C(=O)c2cccc(CN3C(=O)c4ccccc4C3=O)c2)C1. The topological polar surface area (TPSA) is 57.7 Å². The fourth-order valence-corrected chi connectivity index (χ4v) is 4.13. The number of hydrogen-bond acceptors (Lipinski definition) is 3. The van der Waals surface area contributed by atoms with Gasteiger partial charge in [-0.05, 0) is 48.6 Å². The highest BCUT2D eigenvalue weighted by Gasteiger charge is 2.35. The largest absolute Gasteiger partial charge is 0.338 e. The number of carbonyl (C=O) groups excluding carboxylic acids is 3. The summed E-state index contributed by atoms with van der Waals surface area (Å²) >= 11 is 0. The van der Waals surface area contributed by atoms with Gasteiger partial charge in [0.05, 0.1) is 17.7 Å². The van der Waals surface area contributed by atoms with Gasteiger partial charge in [-0.1, -0.05) is 37.6 Å². The summed E-state index contributed by atoms with van der Waals surface area (Å²) in [5, 5.41) is 0. The highest BCUT2D eigenvalue weighted by Crippen LogP contribution is 2.25. The molecule has 1 atom stereocenters. The highest BCUT2D eigenvalue weighted by atomic mass is 16.2. The van der Waals surface area contributed by atoms with E-state index in [1.165, 1.54) is 11.3 Å². The second-order valence-electron chi connectivity index (χ2n) is 7.61. The first-order valence-electron chi connectivity index (χ1n) is 9.92. The van der Waals surface area contributed by atoms with Crippen LogP contribution in [0.15, 0.2) is 48.5 Å². The monoisotopic (exact) mass is 376 g/mol. The molecule has 0 saturated carbocycles. The quantitative estimate of drug-likeness (QED) is 0.764. The molecule has 2 aliphatic rings. The zero-order chi connectivity index (χ0) is 19.7. The predicted octanol–water partition coefficient (Wildman–Crippen LogP) is 3.75. The molecule has 5 nitrogen and oxygen atoms in total. The van der Waals surface area contributed by atoms with Crippen LogP contribution in [0.1, 0.15) is 62.8 Å². The summed E-state index contributed by atoms with van der Waals surface area (Å²) in [6, 6.07) is 14.2. The Morgan fingerprint density at radius 2 is 1.75 bits per heavy atom. The average Bonchev–Trinajstić information content (AvgIpc) is 2.98. The summed E-state index contributed by atoms with van der Waals surface area (Å²) in [6.07, 6.45) is 3.31. The van der Waals surface area contributed by atoms with Crippen molar-refractivity contribution in [1.29, 1.82) is 0 Å².